The van der Waals surface area contributed by atoms with Crippen LogP contribution in [0, 0.1) is 6.92 Å². The van der Waals surface area contributed by atoms with E-state index in [1.54, 1.807) is 6.20 Å². The van der Waals surface area contributed by atoms with Gasteiger partial charge >= 0.3 is 0 Å². The predicted molar refractivity (Wildman–Crippen MR) is 70.3 cm³/mol. The van der Waals surface area contributed by atoms with E-state index in [4.69, 9.17) is 5.73 Å². The molecule has 0 atom stereocenters. The van der Waals surface area contributed by atoms with Crippen LogP contribution in [-0.4, -0.2) is 4.98 Å². The van der Waals surface area contributed by atoms with E-state index >= 15 is 0 Å². The van der Waals surface area contributed by atoms with Gasteiger partial charge in [0.25, 0.3) is 0 Å². The molecule has 0 saturated heterocycles. The summed E-state index contributed by atoms with van der Waals surface area (Å²) in [6.07, 6.45) is 2.58. The number of benzene rings is 1. The summed E-state index contributed by atoms with van der Waals surface area (Å²) in [5.74, 6) is 0.628. The van der Waals surface area contributed by atoms with Crippen molar-refractivity contribution in [2.75, 3.05) is 5.73 Å². The lowest BCUT2D eigenvalue weighted by atomic mass is 10.0. The van der Waals surface area contributed by atoms with Crippen molar-refractivity contribution in [3.8, 4) is 0 Å². The molecule has 0 radical (unpaired) electrons. The molecule has 0 saturated carbocycles. The molecule has 0 amide bonds. The van der Waals surface area contributed by atoms with Gasteiger partial charge in [-0.15, -0.1) is 0 Å². The van der Waals surface area contributed by atoms with Gasteiger partial charge in [0.2, 0.25) is 0 Å². The van der Waals surface area contributed by atoms with Gasteiger partial charge in [0.15, 0.2) is 0 Å². The summed E-state index contributed by atoms with van der Waals surface area (Å²) in [5, 5.41) is 0. The van der Waals surface area contributed by atoms with Crippen LogP contribution in [0.3, 0.4) is 0 Å². The summed E-state index contributed by atoms with van der Waals surface area (Å²) < 4.78 is 1.09. The van der Waals surface area contributed by atoms with Crippen LogP contribution in [-0.2, 0) is 6.42 Å². The van der Waals surface area contributed by atoms with Crippen LogP contribution < -0.4 is 5.73 Å². The second-order valence-electron chi connectivity index (χ2n) is 3.79. The van der Waals surface area contributed by atoms with Crippen molar-refractivity contribution < 1.29 is 0 Å². The zero-order valence-electron chi connectivity index (χ0n) is 9.07. The van der Waals surface area contributed by atoms with Gasteiger partial charge in [0, 0.05) is 22.7 Å². The first-order valence-corrected chi connectivity index (χ1v) is 5.90. The van der Waals surface area contributed by atoms with E-state index in [-0.39, 0.29) is 0 Å². The summed E-state index contributed by atoms with van der Waals surface area (Å²) in [5.41, 5.74) is 9.43. The molecule has 2 N–H and O–H groups in total. The quantitative estimate of drug-likeness (QED) is 0.914. The molecule has 82 valence electrons. The number of pyridine rings is 1. The molecule has 0 aliphatic heterocycles. The van der Waals surface area contributed by atoms with Crippen molar-refractivity contribution in [3.05, 3.63) is 57.7 Å². The lowest BCUT2D eigenvalue weighted by Gasteiger charge is -2.08. The van der Waals surface area contributed by atoms with Crippen LogP contribution in [0.15, 0.2) is 41.0 Å². The fourth-order valence-electron chi connectivity index (χ4n) is 1.65. The van der Waals surface area contributed by atoms with Crippen molar-refractivity contribution in [1.82, 2.24) is 4.98 Å². The Kier molecular flexibility index (Phi) is 3.25. The normalized spacial score (nSPS) is 10.4. The molecule has 0 aliphatic rings. The summed E-state index contributed by atoms with van der Waals surface area (Å²) in [4.78, 5) is 4.12. The molecule has 2 nitrogen and oxygen atoms in total. The number of anilines is 1. The van der Waals surface area contributed by atoms with Gasteiger partial charge in [-0.3, -0.25) is 0 Å². The molecular formula is C13H13BrN2. The molecule has 1 heterocycles. The number of aryl methyl sites for hydroxylation is 1. The van der Waals surface area contributed by atoms with Crippen LogP contribution in [0.5, 0.6) is 0 Å². The summed E-state index contributed by atoms with van der Waals surface area (Å²) in [7, 11) is 0. The van der Waals surface area contributed by atoms with Crippen molar-refractivity contribution in [2.24, 2.45) is 0 Å². The maximum Gasteiger partial charge on any atom is 0.127 e. The SMILES string of the molecule is Cc1ccnc(N)c1Cc1ccc(Br)cc1. The van der Waals surface area contributed by atoms with E-state index in [1.165, 1.54) is 11.1 Å². The molecular weight excluding hydrogens is 264 g/mol. The van der Waals surface area contributed by atoms with E-state index in [0.29, 0.717) is 5.82 Å². The lowest BCUT2D eigenvalue weighted by Crippen LogP contribution is -2.01. The fourth-order valence-corrected chi connectivity index (χ4v) is 1.91. The van der Waals surface area contributed by atoms with E-state index < -0.39 is 0 Å². The minimum atomic E-state index is 0.628. The third-order valence-electron chi connectivity index (χ3n) is 2.62. The number of hydrogen-bond donors (Lipinski definition) is 1. The minimum absolute atomic E-state index is 0.628. The molecule has 1 aromatic heterocycles. The van der Waals surface area contributed by atoms with Crippen LogP contribution in [0.1, 0.15) is 16.7 Å². The monoisotopic (exact) mass is 276 g/mol. The Morgan fingerprint density at radius 1 is 1.19 bits per heavy atom. The summed E-state index contributed by atoms with van der Waals surface area (Å²) in [6, 6.07) is 10.3. The van der Waals surface area contributed by atoms with Gasteiger partial charge in [-0.05, 0) is 36.2 Å². The molecule has 0 spiro atoms. The highest BCUT2D eigenvalue weighted by atomic mass is 79.9. The smallest absolute Gasteiger partial charge is 0.127 e. The van der Waals surface area contributed by atoms with Crippen molar-refractivity contribution >= 4 is 21.7 Å². The van der Waals surface area contributed by atoms with E-state index in [9.17, 15) is 0 Å². The van der Waals surface area contributed by atoms with Gasteiger partial charge in [0.1, 0.15) is 5.82 Å². The van der Waals surface area contributed by atoms with Crippen molar-refractivity contribution in [3.63, 3.8) is 0 Å². The molecule has 0 fully saturated rings. The maximum absolute atomic E-state index is 5.88. The van der Waals surface area contributed by atoms with E-state index in [2.05, 4.69) is 40.0 Å². The first-order valence-electron chi connectivity index (χ1n) is 5.11. The molecule has 1 aromatic carbocycles. The number of hydrogen-bond acceptors (Lipinski definition) is 2. The van der Waals surface area contributed by atoms with E-state index in [1.807, 2.05) is 18.2 Å². The Hall–Kier alpha value is -1.35. The number of nitrogens with two attached hydrogens (primary N) is 1. The molecule has 0 aliphatic carbocycles. The molecule has 16 heavy (non-hydrogen) atoms. The Labute approximate surface area is 104 Å². The summed E-state index contributed by atoms with van der Waals surface area (Å²) in [6.45, 7) is 2.06. The van der Waals surface area contributed by atoms with Gasteiger partial charge in [-0.25, -0.2) is 4.98 Å². The average molecular weight is 277 g/mol. The Morgan fingerprint density at radius 2 is 1.88 bits per heavy atom. The highest BCUT2D eigenvalue weighted by molar-refractivity contribution is 9.10. The topological polar surface area (TPSA) is 38.9 Å². The second-order valence-corrected chi connectivity index (χ2v) is 4.71. The van der Waals surface area contributed by atoms with Crippen molar-refractivity contribution in [2.45, 2.75) is 13.3 Å². The first-order chi connectivity index (χ1) is 7.66. The maximum atomic E-state index is 5.88. The molecule has 2 aromatic rings. The number of nitrogens with zero attached hydrogens (tertiary/aromatic N) is 1. The number of nitrogen functional groups attached to an aromatic ring is 1. The van der Waals surface area contributed by atoms with Gasteiger partial charge in [-0.1, -0.05) is 28.1 Å². The number of aromatic nitrogens is 1. The standard InChI is InChI=1S/C13H13BrN2/c1-9-6-7-16-13(15)12(9)8-10-2-4-11(14)5-3-10/h2-7H,8H2,1H3,(H2,15,16). The summed E-state index contributed by atoms with van der Waals surface area (Å²) >= 11 is 3.42. The highest BCUT2D eigenvalue weighted by Gasteiger charge is 2.04. The molecule has 0 bridgehead atoms. The zero-order chi connectivity index (χ0) is 11.5. The number of halogens is 1. The van der Waals surface area contributed by atoms with Crippen LogP contribution in [0.2, 0.25) is 0 Å². The van der Waals surface area contributed by atoms with Crippen LogP contribution in [0.4, 0.5) is 5.82 Å². The third-order valence-corrected chi connectivity index (χ3v) is 3.15. The van der Waals surface area contributed by atoms with Gasteiger partial charge in [-0.2, -0.15) is 0 Å². The first kappa shape index (κ1) is 11.1. The zero-order valence-corrected chi connectivity index (χ0v) is 10.7. The Bertz CT molecular complexity index is 472. The van der Waals surface area contributed by atoms with Crippen LogP contribution >= 0.6 is 15.9 Å². The van der Waals surface area contributed by atoms with E-state index in [0.717, 1.165) is 16.5 Å². The van der Waals surface area contributed by atoms with Gasteiger partial charge < -0.3 is 5.73 Å². The average Bonchev–Trinajstić information content (AvgIpc) is 2.26. The highest BCUT2D eigenvalue weighted by Crippen LogP contribution is 2.19. The molecule has 0 unspecified atom stereocenters. The van der Waals surface area contributed by atoms with Crippen molar-refractivity contribution in [1.29, 1.82) is 0 Å². The third kappa shape index (κ3) is 2.42. The second kappa shape index (κ2) is 4.66. The predicted octanol–water partition coefficient (Wildman–Crippen LogP) is 3.33. The Balaban J connectivity index is 2.30. The largest absolute Gasteiger partial charge is 0.383 e. The molecule has 3 heteroatoms. The lowest BCUT2D eigenvalue weighted by molar-refractivity contribution is 1.12. The number of rotatable bonds is 2. The van der Waals surface area contributed by atoms with Crippen LogP contribution in [0.25, 0.3) is 0 Å². The molecule has 2 rings (SSSR count). The fraction of sp³-hybridized carbons (Fsp3) is 0.154. The minimum Gasteiger partial charge on any atom is -0.383 e. The Morgan fingerprint density at radius 3 is 2.50 bits per heavy atom. The van der Waals surface area contributed by atoms with Gasteiger partial charge in [0.05, 0.1) is 0 Å².